The SMILES string of the molecule is CC[C@@H]1/C=C(\C)C[C@H](C)C[C@H](OC)[C@H]2O[C@@](O)(C(=O)C(=O)N3CCCC[C@H]3C(=O)OC(/C(C)=C/[C@@H]3CC[C@@H](OC(=O)Nc4ccc(OC5CCOC5=O)cc4)[C@H](OC)C3)[C@H](C)[C@@H](O)CC1=O)[C@H](C)C[C@@H]2OC. The van der Waals surface area contributed by atoms with Crippen molar-refractivity contribution in [1.29, 1.82) is 0 Å². The summed E-state index contributed by atoms with van der Waals surface area (Å²) in [6, 6.07) is 5.36. The van der Waals surface area contributed by atoms with Gasteiger partial charge in [0.15, 0.2) is 6.10 Å². The Kier molecular flexibility index (Phi) is 20.0. The van der Waals surface area contributed by atoms with Crippen LogP contribution < -0.4 is 10.1 Å². The van der Waals surface area contributed by atoms with Gasteiger partial charge in [0.1, 0.15) is 35.9 Å². The Bertz CT molecular complexity index is 2130. The number of benzene rings is 1. The van der Waals surface area contributed by atoms with Gasteiger partial charge in [0.25, 0.3) is 11.7 Å². The number of hydrogen-bond donors (Lipinski definition) is 3. The van der Waals surface area contributed by atoms with E-state index >= 15 is 0 Å². The highest BCUT2D eigenvalue weighted by molar-refractivity contribution is 6.39. The zero-order valence-corrected chi connectivity index (χ0v) is 43.5. The lowest BCUT2D eigenvalue weighted by Crippen LogP contribution is -2.64. The van der Waals surface area contributed by atoms with Crippen LogP contribution in [0.2, 0.25) is 0 Å². The molecule has 1 aromatic rings. The second kappa shape index (κ2) is 25.5. The third kappa shape index (κ3) is 13.7. The van der Waals surface area contributed by atoms with Crippen LogP contribution in [0.5, 0.6) is 5.75 Å². The van der Waals surface area contributed by atoms with E-state index in [4.69, 9.17) is 37.9 Å². The van der Waals surface area contributed by atoms with Crippen LogP contribution in [0.4, 0.5) is 10.5 Å². The van der Waals surface area contributed by atoms with Gasteiger partial charge in [0, 0.05) is 64.2 Å². The average molecular weight is 1010 g/mol. The van der Waals surface area contributed by atoms with Crippen LogP contribution >= 0.6 is 0 Å². The second-order valence-electron chi connectivity index (χ2n) is 20.7. The molecule has 4 heterocycles. The Hall–Kier alpha value is -4.72. The molecule has 0 spiro atoms. The molecule has 3 N–H and O–H groups in total. The maximum Gasteiger partial charge on any atom is 0.411 e. The van der Waals surface area contributed by atoms with E-state index in [1.54, 1.807) is 45.0 Å². The van der Waals surface area contributed by atoms with Crippen molar-refractivity contribution in [2.24, 2.45) is 29.6 Å². The molecule has 4 aliphatic heterocycles. The quantitative estimate of drug-likeness (QED) is 0.0993. The number of piperidine rings is 1. The van der Waals surface area contributed by atoms with E-state index in [0.717, 1.165) is 5.57 Å². The molecule has 5 aliphatic rings. The molecule has 6 rings (SSSR count). The normalized spacial score (nSPS) is 36.8. The molecule has 2 bridgehead atoms. The van der Waals surface area contributed by atoms with E-state index in [2.05, 4.69) is 5.32 Å². The number of allylic oxidation sites excluding steroid dienone is 3. The third-order valence-corrected chi connectivity index (χ3v) is 15.4. The summed E-state index contributed by atoms with van der Waals surface area (Å²) in [6.07, 6.45) is 1.74. The number of anilines is 1. The first kappa shape index (κ1) is 56.6. The van der Waals surface area contributed by atoms with Gasteiger partial charge < -0.3 is 53.0 Å². The predicted molar refractivity (Wildman–Crippen MR) is 262 cm³/mol. The topological polar surface area (TPSA) is 232 Å². The van der Waals surface area contributed by atoms with E-state index < -0.39 is 108 Å². The Balaban J connectivity index is 1.23. The predicted octanol–water partition coefficient (Wildman–Crippen LogP) is 6.42. The van der Waals surface area contributed by atoms with E-state index in [0.29, 0.717) is 81.4 Å². The van der Waals surface area contributed by atoms with Crippen LogP contribution in [0.1, 0.15) is 119 Å². The molecule has 400 valence electrons. The van der Waals surface area contributed by atoms with Crippen molar-refractivity contribution in [2.75, 3.05) is 39.8 Å². The first-order valence-corrected chi connectivity index (χ1v) is 25.8. The highest BCUT2D eigenvalue weighted by Crippen LogP contribution is 2.40. The number of aliphatic hydroxyl groups excluding tert-OH is 1. The van der Waals surface area contributed by atoms with E-state index in [9.17, 15) is 39.0 Å². The van der Waals surface area contributed by atoms with E-state index in [1.807, 2.05) is 32.9 Å². The molecule has 4 fully saturated rings. The molecule has 0 aromatic heterocycles. The fourth-order valence-corrected chi connectivity index (χ4v) is 11.2. The Morgan fingerprint density at radius 1 is 0.875 bits per heavy atom. The Morgan fingerprint density at radius 3 is 2.22 bits per heavy atom. The molecule has 18 heteroatoms. The summed E-state index contributed by atoms with van der Waals surface area (Å²) < 4.78 is 46.8. The third-order valence-electron chi connectivity index (χ3n) is 15.4. The molecular formula is C54H78N2O16. The number of nitrogens with one attached hydrogen (secondary N) is 1. The molecule has 1 aromatic carbocycles. The Labute approximate surface area is 423 Å². The lowest BCUT2D eigenvalue weighted by molar-refractivity contribution is -0.302. The summed E-state index contributed by atoms with van der Waals surface area (Å²) in [5, 5.41) is 26.7. The molecule has 72 heavy (non-hydrogen) atoms. The van der Waals surface area contributed by atoms with Crippen LogP contribution in [-0.4, -0.2) is 146 Å². The summed E-state index contributed by atoms with van der Waals surface area (Å²) in [7, 11) is 4.58. The number of carbonyl (C=O) groups excluding carboxylic acids is 6. The number of amides is 2. The van der Waals surface area contributed by atoms with Crippen LogP contribution in [0.15, 0.2) is 47.6 Å². The molecule has 15 atom stereocenters. The highest BCUT2D eigenvalue weighted by Gasteiger charge is 2.56. The maximum absolute atomic E-state index is 14.6. The fraction of sp³-hybridized carbons (Fsp3) is 0.704. The van der Waals surface area contributed by atoms with Crippen molar-refractivity contribution in [3.63, 3.8) is 0 Å². The number of cyclic esters (lactones) is 2. The molecule has 18 nitrogen and oxygen atoms in total. The zero-order chi connectivity index (χ0) is 52.4. The van der Waals surface area contributed by atoms with E-state index in [1.165, 1.54) is 26.2 Å². The monoisotopic (exact) mass is 1010 g/mol. The minimum Gasteiger partial charge on any atom is -0.479 e. The number of ketones is 2. The van der Waals surface area contributed by atoms with Gasteiger partial charge in [-0.15, -0.1) is 0 Å². The number of aliphatic hydroxyl groups is 2. The highest BCUT2D eigenvalue weighted by atomic mass is 16.7. The van der Waals surface area contributed by atoms with Crippen LogP contribution in [0.3, 0.4) is 0 Å². The number of nitrogens with zero attached hydrogens (tertiary/aromatic N) is 1. The van der Waals surface area contributed by atoms with Gasteiger partial charge in [0.2, 0.25) is 5.79 Å². The minimum absolute atomic E-state index is 0.00190. The molecule has 2 unspecified atom stereocenters. The first-order chi connectivity index (χ1) is 34.3. The molecule has 2 amide bonds. The number of Topliss-reactive ketones (excluding diaryl/α,β-unsaturated/α-hetero) is 2. The lowest BCUT2D eigenvalue weighted by Gasteiger charge is -2.47. The van der Waals surface area contributed by atoms with Crippen molar-refractivity contribution in [3.05, 3.63) is 47.6 Å². The maximum atomic E-state index is 14.6. The smallest absolute Gasteiger partial charge is 0.411 e. The van der Waals surface area contributed by atoms with Crippen LogP contribution in [0.25, 0.3) is 0 Å². The van der Waals surface area contributed by atoms with Gasteiger partial charge in [-0.05, 0) is 120 Å². The van der Waals surface area contributed by atoms with Crippen LogP contribution in [-0.2, 0) is 57.1 Å². The van der Waals surface area contributed by atoms with Crippen molar-refractivity contribution < 1.29 is 76.9 Å². The first-order valence-electron chi connectivity index (χ1n) is 25.8. The number of methoxy groups -OCH3 is 3. The number of rotatable bonds is 10. The van der Waals surface area contributed by atoms with Crippen molar-refractivity contribution in [2.45, 2.75) is 179 Å². The largest absolute Gasteiger partial charge is 0.479 e. The number of esters is 2. The lowest BCUT2D eigenvalue weighted by atomic mass is 9.81. The minimum atomic E-state index is -2.54. The Morgan fingerprint density at radius 2 is 1.57 bits per heavy atom. The standard InChI is InChI=1S/C54H78N2O16/c1-10-36-24-30(2)23-31(3)25-45(66-8)48-46(67-9)27-33(5)54(64,72-48)49(59)50(60)56-21-12-11-13-39(56)51(61)71-47(34(6)40(57)29-41(36)58)32(4)26-35-14-19-42(44(28-35)65-7)70-53(63)55-37-15-17-38(18-16-37)69-43-20-22-68-52(43)62/h15-18,24,26,31,33-36,39-40,42-48,57,64H,10-14,19-23,25,27-29H2,1-9H3,(H,55,63)/b30-24+,32-26+/t31-,33+,34+,35-,36+,39-,40-,42+,43?,44+,45-,46-,47?,48+,54+/m0/s1. The zero-order valence-electron chi connectivity index (χ0n) is 43.5. The summed E-state index contributed by atoms with van der Waals surface area (Å²) >= 11 is 0. The van der Waals surface area contributed by atoms with Crippen molar-refractivity contribution in [3.8, 4) is 5.75 Å². The second-order valence-corrected chi connectivity index (χ2v) is 20.7. The number of fused-ring (bicyclic) bond motifs is 3. The summed E-state index contributed by atoms with van der Waals surface area (Å²) in [5.74, 6) is -7.99. The fourth-order valence-electron chi connectivity index (χ4n) is 11.2. The summed E-state index contributed by atoms with van der Waals surface area (Å²) in [4.78, 5) is 83.4. The van der Waals surface area contributed by atoms with Gasteiger partial charge in [-0.25, -0.2) is 14.4 Å². The average Bonchev–Trinajstić information content (AvgIpc) is 3.77. The molecule has 1 saturated carbocycles. The summed E-state index contributed by atoms with van der Waals surface area (Å²) in [6.45, 7) is 11.4. The molecule has 0 radical (unpaired) electrons. The number of carbonyl (C=O) groups is 6. The van der Waals surface area contributed by atoms with E-state index in [-0.39, 0.29) is 43.4 Å². The van der Waals surface area contributed by atoms with Gasteiger partial charge in [0.05, 0.1) is 31.0 Å². The number of ether oxygens (including phenoxy) is 8. The van der Waals surface area contributed by atoms with Gasteiger partial charge in [-0.1, -0.05) is 45.4 Å². The molecule has 1 aliphatic carbocycles. The molecular weight excluding hydrogens is 933 g/mol. The van der Waals surface area contributed by atoms with Crippen LogP contribution in [0, 0.1) is 29.6 Å². The number of hydrogen-bond acceptors (Lipinski definition) is 16. The summed E-state index contributed by atoms with van der Waals surface area (Å²) in [5.41, 5.74) is 2.02. The molecule has 3 saturated heterocycles. The van der Waals surface area contributed by atoms with Gasteiger partial charge in [-0.2, -0.15) is 0 Å². The van der Waals surface area contributed by atoms with Gasteiger partial charge >= 0.3 is 18.0 Å². The van der Waals surface area contributed by atoms with Gasteiger partial charge in [-0.3, -0.25) is 19.7 Å². The van der Waals surface area contributed by atoms with Crippen molar-refractivity contribution in [1.82, 2.24) is 4.90 Å². The van der Waals surface area contributed by atoms with Crippen molar-refractivity contribution >= 4 is 41.2 Å².